The van der Waals surface area contributed by atoms with Gasteiger partial charge in [0.1, 0.15) is 5.03 Å². The minimum Gasteiger partial charge on any atom is -0.476 e. The average molecular weight is 172 g/mol. The Kier molecular flexibility index (Phi) is 2.53. The molecule has 0 aliphatic carbocycles. The van der Waals surface area contributed by atoms with Crippen LogP contribution >= 0.6 is 11.8 Å². The Morgan fingerprint density at radius 2 is 2.64 bits per heavy atom. The van der Waals surface area contributed by atoms with E-state index in [-0.39, 0.29) is 5.69 Å². The van der Waals surface area contributed by atoms with E-state index in [0.29, 0.717) is 5.03 Å². The molecule has 2 N–H and O–H groups in total. The Labute approximate surface area is 68.0 Å². The molecule has 1 aromatic heterocycles. The van der Waals surface area contributed by atoms with Gasteiger partial charge in [-0.15, -0.1) is 11.8 Å². The van der Waals surface area contributed by atoms with Gasteiger partial charge in [-0.1, -0.05) is 6.92 Å². The maximum atomic E-state index is 10.5. The summed E-state index contributed by atoms with van der Waals surface area (Å²) in [4.78, 5) is 16.9. The second-order valence-corrected chi connectivity index (χ2v) is 3.07. The summed E-state index contributed by atoms with van der Waals surface area (Å²) in [6.45, 7) is 1.95. The number of hydrogen-bond donors (Lipinski definition) is 2. The van der Waals surface area contributed by atoms with Crippen LogP contribution in [0.3, 0.4) is 0 Å². The highest BCUT2D eigenvalue weighted by Gasteiger charge is 2.11. The zero-order valence-electron chi connectivity index (χ0n) is 6.00. The van der Waals surface area contributed by atoms with Crippen molar-refractivity contribution in [3.8, 4) is 0 Å². The molecular weight excluding hydrogens is 164 g/mol. The Morgan fingerprint density at radius 3 is 3.18 bits per heavy atom. The van der Waals surface area contributed by atoms with Crippen molar-refractivity contribution in [3.05, 3.63) is 12.0 Å². The summed E-state index contributed by atoms with van der Waals surface area (Å²) in [6.07, 6.45) is 1.39. The van der Waals surface area contributed by atoms with E-state index in [1.807, 2.05) is 6.92 Å². The molecule has 0 radical (unpaired) electrons. The number of nitrogens with zero attached hydrogens (tertiary/aromatic N) is 1. The first-order valence-electron chi connectivity index (χ1n) is 3.15. The van der Waals surface area contributed by atoms with Crippen LogP contribution in [0.15, 0.2) is 11.4 Å². The smallest absolute Gasteiger partial charge is 0.355 e. The first kappa shape index (κ1) is 8.13. The van der Waals surface area contributed by atoms with Crippen LogP contribution in [0.2, 0.25) is 0 Å². The fraction of sp³-hybridized carbons (Fsp3) is 0.333. The molecule has 4 nitrogen and oxygen atoms in total. The van der Waals surface area contributed by atoms with Gasteiger partial charge in [0.05, 0.1) is 6.33 Å². The number of imidazole rings is 1. The highest BCUT2D eigenvalue weighted by molar-refractivity contribution is 7.99. The molecule has 1 aromatic rings. The van der Waals surface area contributed by atoms with E-state index in [1.165, 1.54) is 18.1 Å². The lowest BCUT2D eigenvalue weighted by Gasteiger charge is -1.92. The number of carboxylic acid groups (broad SMARTS) is 1. The number of aromatic amines is 1. The molecule has 0 saturated carbocycles. The quantitative estimate of drug-likeness (QED) is 0.673. The fourth-order valence-corrected chi connectivity index (χ4v) is 1.37. The second kappa shape index (κ2) is 3.43. The van der Waals surface area contributed by atoms with Crippen LogP contribution in [0.1, 0.15) is 17.4 Å². The Bertz CT molecular complexity index is 259. The van der Waals surface area contributed by atoms with Gasteiger partial charge in [0.25, 0.3) is 0 Å². The Balaban J connectivity index is 2.87. The maximum absolute atomic E-state index is 10.5. The zero-order chi connectivity index (χ0) is 8.27. The van der Waals surface area contributed by atoms with Crippen molar-refractivity contribution in [3.63, 3.8) is 0 Å². The summed E-state index contributed by atoms with van der Waals surface area (Å²) in [6, 6.07) is 0. The summed E-state index contributed by atoms with van der Waals surface area (Å²) in [5.41, 5.74) is 0.178. The second-order valence-electron chi connectivity index (χ2n) is 1.82. The van der Waals surface area contributed by atoms with E-state index in [9.17, 15) is 4.79 Å². The SMILES string of the molecule is CCSc1nc[nH]c1C(=O)O. The number of nitrogens with one attached hydrogen (secondary N) is 1. The predicted molar refractivity (Wildman–Crippen MR) is 41.9 cm³/mol. The molecule has 0 aliphatic rings. The molecule has 0 bridgehead atoms. The largest absolute Gasteiger partial charge is 0.476 e. The molecule has 0 spiro atoms. The molecule has 0 amide bonds. The third kappa shape index (κ3) is 1.74. The fourth-order valence-electron chi connectivity index (χ4n) is 0.681. The van der Waals surface area contributed by atoms with Crippen molar-refractivity contribution in [2.24, 2.45) is 0 Å². The van der Waals surface area contributed by atoms with Gasteiger partial charge in [0.2, 0.25) is 0 Å². The van der Waals surface area contributed by atoms with E-state index in [0.717, 1.165) is 5.75 Å². The number of carbonyl (C=O) groups is 1. The number of carboxylic acids is 1. The van der Waals surface area contributed by atoms with Crippen LogP contribution in [0.25, 0.3) is 0 Å². The number of aromatic carboxylic acids is 1. The van der Waals surface area contributed by atoms with Gasteiger partial charge >= 0.3 is 5.97 Å². The van der Waals surface area contributed by atoms with E-state index in [4.69, 9.17) is 5.11 Å². The summed E-state index contributed by atoms with van der Waals surface area (Å²) in [7, 11) is 0. The van der Waals surface area contributed by atoms with Gasteiger partial charge in [0.15, 0.2) is 5.69 Å². The lowest BCUT2D eigenvalue weighted by atomic mass is 10.5. The number of thioether (sulfide) groups is 1. The van der Waals surface area contributed by atoms with Crippen LogP contribution in [-0.4, -0.2) is 26.8 Å². The van der Waals surface area contributed by atoms with Crippen LogP contribution in [-0.2, 0) is 0 Å². The number of H-pyrrole nitrogens is 1. The lowest BCUT2D eigenvalue weighted by molar-refractivity contribution is 0.0687. The van der Waals surface area contributed by atoms with Crippen LogP contribution < -0.4 is 0 Å². The molecule has 0 aromatic carbocycles. The number of aromatic nitrogens is 2. The highest BCUT2D eigenvalue weighted by Crippen LogP contribution is 2.17. The molecule has 11 heavy (non-hydrogen) atoms. The van der Waals surface area contributed by atoms with Gasteiger partial charge in [0, 0.05) is 0 Å². The Morgan fingerprint density at radius 1 is 1.91 bits per heavy atom. The van der Waals surface area contributed by atoms with Crippen molar-refractivity contribution < 1.29 is 9.90 Å². The molecule has 0 unspecified atom stereocenters. The molecule has 60 valence electrons. The molecule has 1 heterocycles. The Hall–Kier alpha value is -0.970. The van der Waals surface area contributed by atoms with Gasteiger partial charge < -0.3 is 10.1 Å². The summed E-state index contributed by atoms with van der Waals surface area (Å²) < 4.78 is 0. The normalized spacial score (nSPS) is 9.91. The minimum absolute atomic E-state index is 0.178. The van der Waals surface area contributed by atoms with Gasteiger partial charge in [-0.2, -0.15) is 0 Å². The molecule has 0 fully saturated rings. The van der Waals surface area contributed by atoms with Gasteiger partial charge in [-0.3, -0.25) is 0 Å². The minimum atomic E-state index is -0.960. The van der Waals surface area contributed by atoms with Gasteiger partial charge in [-0.05, 0) is 5.75 Å². The lowest BCUT2D eigenvalue weighted by Crippen LogP contribution is -1.98. The first-order valence-corrected chi connectivity index (χ1v) is 4.13. The summed E-state index contributed by atoms with van der Waals surface area (Å²) in [5.74, 6) is -0.135. The van der Waals surface area contributed by atoms with E-state index in [2.05, 4.69) is 9.97 Å². The average Bonchev–Trinajstić information content (AvgIpc) is 2.36. The maximum Gasteiger partial charge on any atom is 0.355 e. The summed E-state index contributed by atoms with van der Waals surface area (Å²) >= 11 is 1.41. The van der Waals surface area contributed by atoms with Crippen LogP contribution in [0.4, 0.5) is 0 Å². The topological polar surface area (TPSA) is 66.0 Å². The van der Waals surface area contributed by atoms with Crippen molar-refractivity contribution in [1.29, 1.82) is 0 Å². The van der Waals surface area contributed by atoms with Gasteiger partial charge in [-0.25, -0.2) is 9.78 Å². The zero-order valence-corrected chi connectivity index (χ0v) is 6.81. The molecule has 0 saturated heterocycles. The highest BCUT2D eigenvalue weighted by atomic mass is 32.2. The monoisotopic (exact) mass is 172 g/mol. The molecule has 1 rings (SSSR count). The molecule has 0 aliphatic heterocycles. The van der Waals surface area contributed by atoms with Crippen molar-refractivity contribution in [2.75, 3.05) is 5.75 Å². The third-order valence-corrected chi connectivity index (χ3v) is 1.97. The van der Waals surface area contributed by atoms with Crippen LogP contribution in [0, 0.1) is 0 Å². The molecule has 5 heteroatoms. The number of hydrogen-bond acceptors (Lipinski definition) is 3. The first-order chi connectivity index (χ1) is 5.25. The molecule has 0 atom stereocenters. The standard InChI is InChI=1S/C6H8N2O2S/c1-2-11-5-4(6(9)10)7-3-8-5/h3H,2H2,1H3,(H,7,8)(H,9,10). The van der Waals surface area contributed by atoms with Crippen molar-refractivity contribution >= 4 is 17.7 Å². The molecular formula is C6H8N2O2S. The van der Waals surface area contributed by atoms with Crippen LogP contribution in [0.5, 0.6) is 0 Å². The van der Waals surface area contributed by atoms with E-state index < -0.39 is 5.97 Å². The van der Waals surface area contributed by atoms with Crippen molar-refractivity contribution in [2.45, 2.75) is 11.9 Å². The summed E-state index contributed by atoms with van der Waals surface area (Å²) in [5, 5.41) is 9.15. The predicted octanol–water partition coefficient (Wildman–Crippen LogP) is 1.22. The van der Waals surface area contributed by atoms with Crippen molar-refractivity contribution in [1.82, 2.24) is 9.97 Å². The number of rotatable bonds is 3. The third-order valence-electron chi connectivity index (χ3n) is 1.10. The van der Waals surface area contributed by atoms with E-state index in [1.54, 1.807) is 0 Å². The van der Waals surface area contributed by atoms with E-state index >= 15 is 0 Å².